The van der Waals surface area contributed by atoms with Gasteiger partial charge in [0.05, 0.1) is 22.4 Å². The molecule has 0 aliphatic carbocycles. The zero-order valence-corrected chi connectivity index (χ0v) is 10.2. The van der Waals surface area contributed by atoms with Crippen molar-refractivity contribution in [3.63, 3.8) is 0 Å². The number of rotatable bonds is 3. The summed E-state index contributed by atoms with van der Waals surface area (Å²) < 4.78 is 3.75. The molecule has 96 valence electrons. The zero-order valence-electron chi connectivity index (χ0n) is 10.2. The van der Waals surface area contributed by atoms with Crippen LogP contribution in [0.5, 0.6) is 0 Å². The van der Waals surface area contributed by atoms with Crippen molar-refractivity contribution in [2.24, 2.45) is 7.05 Å². The Bertz CT molecular complexity index is 758. The first kappa shape index (κ1) is 11.4. The quantitative estimate of drug-likeness (QED) is 0.528. The van der Waals surface area contributed by atoms with Crippen LogP contribution in [-0.2, 0) is 13.6 Å². The van der Waals surface area contributed by atoms with Crippen LogP contribution in [0, 0.1) is 10.1 Å². The third-order valence-corrected chi connectivity index (χ3v) is 3.10. The molecule has 0 atom stereocenters. The predicted molar refractivity (Wildman–Crippen MR) is 68.7 cm³/mol. The second-order valence-electron chi connectivity index (χ2n) is 4.27. The van der Waals surface area contributed by atoms with Crippen molar-refractivity contribution >= 4 is 16.6 Å². The molecule has 3 aromatic rings. The van der Waals surface area contributed by atoms with Crippen molar-refractivity contribution in [1.29, 1.82) is 0 Å². The molecule has 0 amide bonds. The van der Waals surface area contributed by atoms with Gasteiger partial charge in [0.15, 0.2) is 5.82 Å². The maximum Gasteiger partial charge on any atom is 0.278 e. The van der Waals surface area contributed by atoms with Gasteiger partial charge in [-0.25, -0.2) is 0 Å². The fraction of sp³-hybridized carbons (Fsp3) is 0.167. The summed E-state index contributed by atoms with van der Waals surface area (Å²) in [7, 11) is 1.86. The average molecular weight is 257 g/mol. The average Bonchev–Trinajstić information content (AvgIpc) is 2.97. The Kier molecular flexibility index (Phi) is 2.52. The summed E-state index contributed by atoms with van der Waals surface area (Å²) in [4.78, 5) is 10.6. The number of nitro groups is 1. The Hall–Kier alpha value is -2.70. The normalized spacial score (nSPS) is 11.0. The van der Waals surface area contributed by atoms with Crippen LogP contribution < -0.4 is 0 Å². The number of hydrogen-bond acceptors (Lipinski definition) is 4. The number of fused-ring (bicyclic) bond motifs is 1. The van der Waals surface area contributed by atoms with Crippen molar-refractivity contribution in [2.45, 2.75) is 6.54 Å². The van der Waals surface area contributed by atoms with E-state index in [2.05, 4.69) is 10.2 Å². The summed E-state index contributed by atoms with van der Waals surface area (Å²) in [6, 6.07) is 6.81. The van der Waals surface area contributed by atoms with Gasteiger partial charge in [0, 0.05) is 19.3 Å². The molecule has 0 unspecified atom stereocenters. The van der Waals surface area contributed by atoms with Crippen LogP contribution in [0.25, 0.3) is 10.9 Å². The number of nitro benzene ring substituents is 1. The first-order valence-electron chi connectivity index (χ1n) is 5.72. The molecule has 0 aliphatic rings. The standard InChI is InChI=1S/C12H11N5O2/c1-15-8-13-14-12(15)7-16-6-5-9-10(16)3-2-4-11(9)17(18)19/h2-6,8H,7H2,1H3. The lowest BCUT2D eigenvalue weighted by Gasteiger charge is -2.04. The minimum absolute atomic E-state index is 0.120. The van der Waals surface area contributed by atoms with E-state index in [1.54, 1.807) is 18.5 Å². The molecule has 2 heterocycles. The summed E-state index contributed by atoms with van der Waals surface area (Å²) in [5.74, 6) is 0.795. The number of nitrogens with zero attached hydrogens (tertiary/aromatic N) is 5. The van der Waals surface area contributed by atoms with Crippen molar-refractivity contribution in [1.82, 2.24) is 19.3 Å². The van der Waals surface area contributed by atoms with Gasteiger partial charge in [-0.1, -0.05) is 6.07 Å². The topological polar surface area (TPSA) is 78.8 Å². The van der Waals surface area contributed by atoms with Crippen LogP contribution in [0.15, 0.2) is 36.8 Å². The summed E-state index contributed by atoms with van der Waals surface area (Å²) in [6.07, 6.45) is 3.45. The highest BCUT2D eigenvalue weighted by Gasteiger charge is 2.14. The van der Waals surface area contributed by atoms with E-state index >= 15 is 0 Å². The fourth-order valence-corrected chi connectivity index (χ4v) is 2.11. The highest BCUT2D eigenvalue weighted by molar-refractivity contribution is 5.89. The molecule has 0 radical (unpaired) electrons. The van der Waals surface area contributed by atoms with Crippen LogP contribution in [0.4, 0.5) is 5.69 Å². The number of benzene rings is 1. The van der Waals surface area contributed by atoms with Crippen molar-refractivity contribution < 1.29 is 4.92 Å². The SMILES string of the molecule is Cn1cnnc1Cn1ccc2c([N+](=O)[O-])cccc21. The fourth-order valence-electron chi connectivity index (χ4n) is 2.11. The molecule has 0 saturated carbocycles. The molecule has 19 heavy (non-hydrogen) atoms. The molecule has 0 spiro atoms. The third kappa shape index (κ3) is 1.85. The van der Waals surface area contributed by atoms with Crippen molar-refractivity contribution in [3.05, 3.63) is 52.7 Å². The van der Waals surface area contributed by atoms with E-state index in [0.29, 0.717) is 11.9 Å². The molecular weight excluding hydrogens is 246 g/mol. The first-order valence-corrected chi connectivity index (χ1v) is 5.72. The molecular formula is C12H11N5O2. The van der Waals surface area contributed by atoms with Gasteiger partial charge >= 0.3 is 0 Å². The number of non-ortho nitro benzene ring substituents is 1. The molecule has 3 rings (SSSR count). The minimum atomic E-state index is -0.366. The smallest absolute Gasteiger partial charge is 0.278 e. The Morgan fingerprint density at radius 3 is 2.89 bits per heavy atom. The molecule has 2 aromatic heterocycles. The van der Waals surface area contributed by atoms with E-state index in [0.717, 1.165) is 11.3 Å². The number of aryl methyl sites for hydroxylation is 1. The number of hydrogen-bond donors (Lipinski definition) is 0. The van der Waals surface area contributed by atoms with Crippen LogP contribution in [0.3, 0.4) is 0 Å². The molecule has 0 fully saturated rings. The third-order valence-electron chi connectivity index (χ3n) is 3.10. The highest BCUT2D eigenvalue weighted by atomic mass is 16.6. The van der Waals surface area contributed by atoms with Crippen LogP contribution >= 0.6 is 0 Å². The maximum absolute atomic E-state index is 11.0. The molecule has 1 aromatic carbocycles. The maximum atomic E-state index is 11.0. The lowest BCUT2D eigenvalue weighted by atomic mass is 10.2. The summed E-state index contributed by atoms with van der Waals surface area (Å²) in [6.45, 7) is 0.529. The van der Waals surface area contributed by atoms with E-state index in [9.17, 15) is 10.1 Å². The van der Waals surface area contributed by atoms with Crippen molar-refractivity contribution in [2.75, 3.05) is 0 Å². The van der Waals surface area contributed by atoms with Gasteiger partial charge in [0.2, 0.25) is 0 Å². The van der Waals surface area contributed by atoms with Gasteiger partial charge in [-0.05, 0) is 12.1 Å². The van der Waals surface area contributed by atoms with Crippen LogP contribution in [0.1, 0.15) is 5.82 Å². The summed E-state index contributed by atoms with van der Waals surface area (Å²) in [5, 5.41) is 19.4. The van der Waals surface area contributed by atoms with Gasteiger partial charge in [-0.15, -0.1) is 10.2 Å². The van der Waals surface area contributed by atoms with Gasteiger partial charge in [-0.2, -0.15) is 0 Å². The second-order valence-corrected chi connectivity index (χ2v) is 4.27. The van der Waals surface area contributed by atoms with Gasteiger partial charge in [-0.3, -0.25) is 10.1 Å². The molecule has 7 nitrogen and oxygen atoms in total. The van der Waals surface area contributed by atoms with E-state index in [1.807, 2.05) is 28.4 Å². The van der Waals surface area contributed by atoms with Crippen LogP contribution in [0.2, 0.25) is 0 Å². The first-order chi connectivity index (χ1) is 9.16. The predicted octanol–water partition coefficient (Wildman–Crippen LogP) is 1.73. The van der Waals surface area contributed by atoms with Crippen LogP contribution in [-0.4, -0.2) is 24.3 Å². The number of aromatic nitrogens is 4. The minimum Gasteiger partial charge on any atom is -0.340 e. The monoisotopic (exact) mass is 257 g/mol. The zero-order chi connectivity index (χ0) is 13.4. The van der Waals surface area contributed by atoms with Gasteiger partial charge in [0.25, 0.3) is 5.69 Å². The molecule has 7 heteroatoms. The summed E-state index contributed by atoms with van der Waals surface area (Å²) in [5.41, 5.74) is 0.936. The Balaban J connectivity index is 2.09. The summed E-state index contributed by atoms with van der Waals surface area (Å²) >= 11 is 0. The lowest BCUT2D eigenvalue weighted by Crippen LogP contribution is -2.04. The Morgan fingerprint density at radius 2 is 2.21 bits per heavy atom. The Labute approximate surface area is 108 Å². The van der Waals surface area contributed by atoms with Gasteiger partial charge < -0.3 is 9.13 Å². The molecule has 0 bridgehead atoms. The molecule has 0 saturated heterocycles. The largest absolute Gasteiger partial charge is 0.340 e. The second kappa shape index (κ2) is 4.20. The van der Waals surface area contributed by atoms with E-state index in [-0.39, 0.29) is 10.6 Å². The van der Waals surface area contributed by atoms with E-state index in [4.69, 9.17) is 0 Å². The molecule has 0 aliphatic heterocycles. The molecule has 0 N–H and O–H groups in total. The highest BCUT2D eigenvalue weighted by Crippen LogP contribution is 2.26. The van der Waals surface area contributed by atoms with Crippen molar-refractivity contribution in [3.8, 4) is 0 Å². The van der Waals surface area contributed by atoms with Gasteiger partial charge in [0.1, 0.15) is 6.33 Å². The lowest BCUT2D eigenvalue weighted by molar-refractivity contribution is -0.383. The Morgan fingerprint density at radius 1 is 1.37 bits per heavy atom. The van der Waals surface area contributed by atoms with E-state index in [1.165, 1.54) is 6.07 Å². The van der Waals surface area contributed by atoms with E-state index < -0.39 is 0 Å².